The molecule has 2 aromatic carbocycles. The van der Waals surface area contributed by atoms with Gasteiger partial charge < -0.3 is 43.9 Å². The second kappa shape index (κ2) is 16.8. The highest BCUT2D eigenvalue weighted by Gasteiger charge is 2.36. The lowest BCUT2D eigenvalue weighted by Gasteiger charge is -2.26. The van der Waals surface area contributed by atoms with E-state index < -0.39 is 24.0 Å². The van der Waals surface area contributed by atoms with Crippen LogP contribution in [-0.2, 0) is 19.2 Å². The van der Waals surface area contributed by atoms with Crippen molar-refractivity contribution in [3.63, 3.8) is 0 Å². The summed E-state index contributed by atoms with van der Waals surface area (Å²) >= 11 is 0. The number of nitrogens with zero attached hydrogens (tertiary/aromatic N) is 7. The van der Waals surface area contributed by atoms with E-state index >= 15 is 0 Å². The fourth-order valence-corrected chi connectivity index (χ4v) is 8.36. The van der Waals surface area contributed by atoms with Crippen molar-refractivity contribution in [2.45, 2.75) is 62.8 Å². The maximum atomic E-state index is 13.4. The Labute approximate surface area is 349 Å². The number of anilines is 2. The number of benzene rings is 2. The van der Waals surface area contributed by atoms with Crippen LogP contribution in [0.15, 0.2) is 120 Å². The molecule has 7 heterocycles. The van der Waals surface area contributed by atoms with Gasteiger partial charge in [-0.1, -0.05) is 12.1 Å². The van der Waals surface area contributed by atoms with Crippen LogP contribution < -0.4 is 10.6 Å². The molecular formula is C45H43N9O7. The van der Waals surface area contributed by atoms with Crippen LogP contribution in [0.25, 0.3) is 34.1 Å². The molecule has 0 radical (unpaired) electrons. The number of amides is 4. The van der Waals surface area contributed by atoms with Gasteiger partial charge in [-0.15, -0.1) is 0 Å². The number of pyridine rings is 2. The van der Waals surface area contributed by atoms with E-state index in [1.165, 1.54) is 12.4 Å². The number of carbonyl (C=O) groups excluding carboxylic acids is 4. The van der Waals surface area contributed by atoms with Crippen molar-refractivity contribution < 1.29 is 33.8 Å². The third-order valence-electron chi connectivity index (χ3n) is 11.5. The molecule has 4 N–H and O–H groups in total. The van der Waals surface area contributed by atoms with Gasteiger partial charge in [0.1, 0.15) is 11.3 Å². The zero-order valence-electron chi connectivity index (χ0n) is 33.0. The van der Waals surface area contributed by atoms with E-state index in [9.17, 15) is 29.4 Å². The second-order valence-electron chi connectivity index (χ2n) is 15.4. The lowest BCUT2D eigenvalue weighted by molar-refractivity contribution is -0.142. The summed E-state index contributed by atoms with van der Waals surface area (Å²) in [5.74, 6) is -0.472. The third-order valence-corrected chi connectivity index (χ3v) is 11.5. The van der Waals surface area contributed by atoms with Crippen molar-refractivity contribution in [2.24, 2.45) is 0 Å². The molecule has 0 saturated carbocycles. The highest BCUT2D eigenvalue weighted by molar-refractivity contribution is 5.93. The molecule has 16 heteroatoms. The van der Waals surface area contributed by atoms with Crippen LogP contribution in [0.1, 0.15) is 62.1 Å². The summed E-state index contributed by atoms with van der Waals surface area (Å²) < 4.78 is 9.44. The first-order valence-electron chi connectivity index (χ1n) is 20.3. The van der Waals surface area contributed by atoms with Crippen LogP contribution in [0.3, 0.4) is 0 Å². The smallest absolute Gasteiger partial charge is 0.257 e. The maximum absolute atomic E-state index is 13.4. The number of carbonyl (C=O) groups is 4. The summed E-state index contributed by atoms with van der Waals surface area (Å²) in [6.45, 7) is 0.921. The van der Waals surface area contributed by atoms with Gasteiger partial charge in [0.15, 0.2) is 18.0 Å². The summed E-state index contributed by atoms with van der Waals surface area (Å²) in [4.78, 5) is 69.1. The molecule has 4 atom stereocenters. The molecule has 0 spiro atoms. The Kier molecular flexibility index (Phi) is 10.8. The Hall–Kier alpha value is -7.17. The van der Waals surface area contributed by atoms with Crippen molar-refractivity contribution in [3.8, 4) is 22.8 Å². The number of imidazole rings is 2. The van der Waals surface area contributed by atoms with Gasteiger partial charge in [-0.05, 0) is 98.5 Å². The van der Waals surface area contributed by atoms with E-state index in [0.717, 1.165) is 18.4 Å². The van der Waals surface area contributed by atoms with Gasteiger partial charge in [0.2, 0.25) is 17.7 Å². The van der Waals surface area contributed by atoms with Gasteiger partial charge in [-0.3, -0.25) is 19.2 Å². The number of fused-ring (bicyclic) bond motifs is 2. The van der Waals surface area contributed by atoms with Crippen molar-refractivity contribution >= 4 is 46.3 Å². The van der Waals surface area contributed by atoms with Crippen molar-refractivity contribution in [2.75, 3.05) is 23.7 Å². The Morgan fingerprint density at radius 3 is 1.59 bits per heavy atom. The molecule has 2 unspecified atom stereocenters. The molecule has 310 valence electrons. The molecule has 2 fully saturated rings. The van der Waals surface area contributed by atoms with E-state index in [1.807, 2.05) is 24.3 Å². The Morgan fingerprint density at radius 2 is 1.10 bits per heavy atom. The molecule has 2 aliphatic rings. The van der Waals surface area contributed by atoms with Crippen molar-refractivity contribution in [1.82, 2.24) is 33.6 Å². The number of aliphatic hydroxyl groups is 2. The Balaban J connectivity index is 0.761. The van der Waals surface area contributed by atoms with Crippen LogP contribution in [0, 0.1) is 0 Å². The molecule has 0 bridgehead atoms. The fourth-order valence-electron chi connectivity index (χ4n) is 8.36. The first-order chi connectivity index (χ1) is 29.7. The number of hydrogen-bond donors (Lipinski definition) is 4. The third kappa shape index (κ3) is 8.10. The maximum Gasteiger partial charge on any atom is 0.257 e. The van der Waals surface area contributed by atoms with Crippen molar-refractivity contribution in [3.05, 3.63) is 127 Å². The van der Waals surface area contributed by atoms with Crippen LogP contribution in [0.4, 0.5) is 11.4 Å². The zero-order valence-corrected chi connectivity index (χ0v) is 33.0. The van der Waals surface area contributed by atoms with E-state index in [2.05, 4.69) is 25.6 Å². The average Bonchev–Trinajstić information content (AvgIpc) is 4.14. The number of nitrogens with one attached hydrogen (secondary N) is 2. The highest BCUT2D eigenvalue weighted by Crippen LogP contribution is 2.30. The van der Waals surface area contributed by atoms with Gasteiger partial charge in [0.25, 0.3) is 11.8 Å². The molecule has 2 saturated heterocycles. The lowest BCUT2D eigenvalue weighted by Crippen LogP contribution is -2.40. The van der Waals surface area contributed by atoms with Gasteiger partial charge in [0.05, 0.1) is 30.0 Å². The standard InChI is InChI=1S/C45H43N9O7/c55-39(23-32-7-5-21-51(32)44(59)41(57)34-25-46-37-9-1-3-19-53(34)37)49-30-15-11-28(12-16-30)36-27-48-43(61-36)29-13-17-31(18-14-29)50-40(56)24-33-8-6-22-52(33)45(60)42(58)35-26-47-38-10-2-4-20-54(35)38/h1-4,9-20,25-27,32-33,41-42,57-58H,5-8,21-24H2,(H,49,55)(H,50,56)/t32-,33-,41?,42?/m0/s1. The van der Waals surface area contributed by atoms with E-state index in [4.69, 9.17) is 4.42 Å². The number of likely N-dealkylation sites (tertiary alicyclic amines) is 2. The molecule has 9 rings (SSSR count). The van der Waals surface area contributed by atoms with Gasteiger partial charge in [-0.25, -0.2) is 15.0 Å². The number of aliphatic hydroxyl groups excluding tert-OH is 2. The predicted octanol–water partition coefficient (Wildman–Crippen LogP) is 5.41. The van der Waals surface area contributed by atoms with E-state index in [0.29, 0.717) is 77.2 Å². The minimum atomic E-state index is -1.39. The number of rotatable bonds is 12. The molecular weight excluding hydrogens is 779 g/mol. The minimum absolute atomic E-state index is 0.0929. The number of hydrogen-bond acceptors (Lipinski definition) is 10. The van der Waals surface area contributed by atoms with Crippen LogP contribution in [0.2, 0.25) is 0 Å². The summed E-state index contributed by atoms with van der Waals surface area (Å²) in [6.07, 6.45) is 8.30. The predicted molar refractivity (Wildman–Crippen MR) is 224 cm³/mol. The average molecular weight is 822 g/mol. The molecule has 61 heavy (non-hydrogen) atoms. The largest absolute Gasteiger partial charge is 0.436 e. The Morgan fingerprint density at radius 1 is 0.623 bits per heavy atom. The van der Waals surface area contributed by atoms with Gasteiger partial charge in [0, 0.05) is 72.9 Å². The fraction of sp³-hybridized carbons (Fsp3) is 0.267. The molecule has 0 aliphatic carbocycles. The van der Waals surface area contributed by atoms with Gasteiger partial charge in [-0.2, -0.15) is 0 Å². The van der Waals surface area contributed by atoms with E-state index in [-0.39, 0.29) is 36.7 Å². The normalized spacial score (nSPS) is 17.5. The number of oxazole rings is 1. The SMILES string of the molecule is O=C(C[C@@H]1CCCN1C(=O)C(O)c1cnc2ccccn12)Nc1ccc(-c2cnc(-c3ccc(NC(=O)C[C@@H]4CCCN4C(=O)C(O)c4cnc5ccccn45)cc3)o2)cc1. The Bertz CT molecular complexity index is 2540. The summed E-state index contributed by atoms with van der Waals surface area (Å²) in [6, 6.07) is 24.5. The molecule has 5 aromatic heterocycles. The van der Waals surface area contributed by atoms with E-state index in [1.54, 1.807) is 97.9 Å². The monoisotopic (exact) mass is 821 g/mol. The summed E-state index contributed by atoms with van der Waals surface area (Å²) in [7, 11) is 0. The lowest BCUT2D eigenvalue weighted by atomic mass is 10.1. The number of aromatic nitrogens is 5. The van der Waals surface area contributed by atoms with Crippen molar-refractivity contribution in [1.29, 1.82) is 0 Å². The molecule has 2 aliphatic heterocycles. The van der Waals surface area contributed by atoms with Crippen LogP contribution in [0.5, 0.6) is 0 Å². The first-order valence-corrected chi connectivity index (χ1v) is 20.3. The van der Waals surface area contributed by atoms with Crippen LogP contribution in [-0.4, -0.2) is 92.6 Å². The quantitative estimate of drug-likeness (QED) is 0.124. The summed E-state index contributed by atoms with van der Waals surface area (Å²) in [5, 5.41) is 27.8. The summed E-state index contributed by atoms with van der Waals surface area (Å²) in [5.41, 5.74) is 4.64. The van der Waals surface area contributed by atoms with Gasteiger partial charge >= 0.3 is 0 Å². The minimum Gasteiger partial charge on any atom is -0.436 e. The topological polar surface area (TPSA) is 200 Å². The molecule has 7 aromatic rings. The highest BCUT2D eigenvalue weighted by atomic mass is 16.4. The second-order valence-corrected chi connectivity index (χ2v) is 15.4. The zero-order chi connectivity index (χ0) is 42.0. The van der Waals surface area contributed by atoms with Crippen LogP contribution >= 0.6 is 0 Å². The first kappa shape index (κ1) is 39.3. The molecule has 4 amide bonds. The molecule has 16 nitrogen and oxygen atoms in total.